The highest BCUT2D eigenvalue weighted by molar-refractivity contribution is 5.85. The third-order valence-corrected chi connectivity index (χ3v) is 4.13. The number of aryl methyl sites for hydroxylation is 1. The van der Waals surface area contributed by atoms with Gasteiger partial charge in [0.05, 0.1) is 18.4 Å². The average molecular weight is 352 g/mol. The molecule has 3 rings (SSSR count). The van der Waals surface area contributed by atoms with Crippen molar-refractivity contribution in [3.05, 3.63) is 41.3 Å². The minimum atomic E-state index is 0. The predicted molar refractivity (Wildman–Crippen MR) is 97.6 cm³/mol. The van der Waals surface area contributed by atoms with E-state index >= 15 is 0 Å². The Bertz CT molecular complexity index is 620. The number of hydrogen-bond donors (Lipinski definition) is 2. The molecule has 0 radical (unpaired) electrons. The molecule has 2 aromatic rings. The second-order valence-electron chi connectivity index (χ2n) is 6.31. The zero-order valence-corrected chi connectivity index (χ0v) is 15.3. The molecule has 0 aromatic carbocycles. The number of morpholine rings is 1. The Morgan fingerprint density at radius 1 is 1.21 bits per heavy atom. The summed E-state index contributed by atoms with van der Waals surface area (Å²) in [6, 6.07) is 4.24. The zero-order chi connectivity index (χ0) is 16.2. The Kier molecular flexibility index (Phi) is 6.60. The molecule has 0 saturated carbocycles. The van der Waals surface area contributed by atoms with Crippen molar-refractivity contribution in [3.8, 4) is 0 Å². The Morgan fingerprint density at radius 2 is 1.96 bits per heavy atom. The van der Waals surface area contributed by atoms with Gasteiger partial charge in [0.25, 0.3) is 0 Å². The molecule has 132 valence electrons. The number of halogens is 1. The van der Waals surface area contributed by atoms with Gasteiger partial charge in [-0.2, -0.15) is 5.10 Å². The Hall–Kier alpha value is -1.63. The SMILES string of the molecule is Cc1[nH]ncc1CNCc1ccc(N2CC(C)OC(C)C2)nc1.Cl. The van der Waals surface area contributed by atoms with Gasteiger partial charge in [-0.25, -0.2) is 4.98 Å². The lowest BCUT2D eigenvalue weighted by Crippen LogP contribution is -2.45. The molecule has 0 aliphatic carbocycles. The van der Waals surface area contributed by atoms with Crippen molar-refractivity contribution in [2.24, 2.45) is 0 Å². The molecule has 1 saturated heterocycles. The second-order valence-corrected chi connectivity index (χ2v) is 6.31. The number of aromatic amines is 1. The Morgan fingerprint density at radius 3 is 2.54 bits per heavy atom. The third-order valence-electron chi connectivity index (χ3n) is 4.13. The van der Waals surface area contributed by atoms with Crippen LogP contribution in [0.15, 0.2) is 24.5 Å². The smallest absolute Gasteiger partial charge is 0.128 e. The molecule has 1 aliphatic heterocycles. The third kappa shape index (κ3) is 4.69. The van der Waals surface area contributed by atoms with Crippen LogP contribution in [0.25, 0.3) is 0 Å². The average Bonchev–Trinajstić information content (AvgIpc) is 2.92. The number of pyridine rings is 1. The van der Waals surface area contributed by atoms with Gasteiger partial charge in [-0.05, 0) is 32.4 Å². The van der Waals surface area contributed by atoms with Gasteiger partial charge in [-0.3, -0.25) is 5.10 Å². The van der Waals surface area contributed by atoms with E-state index in [0.29, 0.717) is 0 Å². The van der Waals surface area contributed by atoms with Crippen molar-refractivity contribution >= 4 is 18.2 Å². The number of anilines is 1. The van der Waals surface area contributed by atoms with E-state index in [0.717, 1.165) is 37.7 Å². The van der Waals surface area contributed by atoms with Crippen LogP contribution < -0.4 is 10.2 Å². The Balaban J connectivity index is 0.00000208. The van der Waals surface area contributed by atoms with Gasteiger partial charge >= 0.3 is 0 Å². The molecule has 0 spiro atoms. The van der Waals surface area contributed by atoms with Crippen molar-refractivity contribution in [1.82, 2.24) is 20.5 Å². The van der Waals surface area contributed by atoms with Crippen LogP contribution in [0.1, 0.15) is 30.7 Å². The van der Waals surface area contributed by atoms with Gasteiger partial charge in [-0.15, -0.1) is 12.4 Å². The summed E-state index contributed by atoms with van der Waals surface area (Å²) in [5, 5.41) is 10.4. The fourth-order valence-electron chi connectivity index (χ4n) is 2.97. The fourth-order valence-corrected chi connectivity index (χ4v) is 2.97. The maximum absolute atomic E-state index is 5.77. The number of nitrogens with one attached hydrogen (secondary N) is 2. The maximum atomic E-state index is 5.77. The van der Waals surface area contributed by atoms with E-state index in [-0.39, 0.29) is 24.6 Å². The topological polar surface area (TPSA) is 66.1 Å². The molecule has 2 unspecified atom stereocenters. The summed E-state index contributed by atoms with van der Waals surface area (Å²) in [7, 11) is 0. The van der Waals surface area contributed by atoms with E-state index < -0.39 is 0 Å². The van der Waals surface area contributed by atoms with Crippen LogP contribution in [-0.4, -0.2) is 40.5 Å². The number of H-pyrrole nitrogens is 1. The van der Waals surface area contributed by atoms with Crippen LogP contribution in [0.3, 0.4) is 0 Å². The van der Waals surface area contributed by atoms with Crippen molar-refractivity contribution in [2.45, 2.75) is 46.1 Å². The summed E-state index contributed by atoms with van der Waals surface area (Å²) < 4.78 is 5.77. The zero-order valence-electron chi connectivity index (χ0n) is 14.5. The number of hydrogen-bond acceptors (Lipinski definition) is 5. The van der Waals surface area contributed by atoms with Crippen LogP contribution in [-0.2, 0) is 17.8 Å². The second kappa shape index (κ2) is 8.46. The number of nitrogens with zero attached hydrogens (tertiary/aromatic N) is 3. The lowest BCUT2D eigenvalue weighted by atomic mass is 10.2. The fraction of sp³-hybridized carbons (Fsp3) is 0.529. The van der Waals surface area contributed by atoms with Gasteiger partial charge in [-0.1, -0.05) is 6.07 Å². The highest BCUT2D eigenvalue weighted by atomic mass is 35.5. The molecule has 2 N–H and O–H groups in total. The van der Waals surface area contributed by atoms with E-state index in [2.05, 4.69) is 51.4 Å². The first-order valence-corrected chi connectivity index (χ1v) is 8.16. The number of rotatable bonds is 5. The maximum Gasteiger partial charge on any atom is 0.128 e. The number of aromatic nitrogens is 3. The van der Waals surface area contributed by atoms with E-state index in [1.807, 2.05) is 19.3 Å². The van der Waals surface area contributed by atoms with Crippen LogP contribution in [0.2, 0.25) is 0 Å². The first-order valence-electron chi connectivity index (χ1n) is 8.16. The molecule has 3 heterocycles. The van der Waals surface area contributed by atoms with Crippen LogP contribution in [0.4, 0.5) is 5.82 Å². The van der Waals surface area contributed by atoms with Gasteiger partial charge in [0.1, 0.15) is 5.82 Å². The number of ether oxygens (including phenoxy) is 1. The van der Waals surface area contributed by atoms with Crippen molar-refractivity contribution < 1.29 is 4.74 Å². The first kappa shape index (κ1) is 18.7. The minimum absolute atomic E-state index is 0. The summed E-state index contributed by atoms with van der Waals surface area (Å²) in [5.74, 6) is 1.03. The van der Waals surface area contributed by atoms with E-state index in [9.17, 15) is 0 Å². The van der Waals surface area contributed by atoms with Crippen LogP contribution >= 0.6 is 12.4 Å². The highest BCUT2D eigenvalue weighted by Gasteiger charge is 2.22. The molecule has 7 heteroatoms. The van der Waals surface area contributed by atoms with E-state index in [4.69, 9.17) is 4.74 Å². The quantitative estimate of drug-likeness (QED) is 0.866. The first-order chi connectivity index (χ1) is 11.1. The van der Waals surface area contributed by atoms with E-state index in [1.165, 1.54) is 11.1 Å². The normalized spacial score (nSPS) is 20.7. The van der Waals surface area contributed by atoms with E-state index in [1.54, 1.807) is 0 Å². The lowest BCUT2D eigenvalue weighted by molar-refractivity contribution is -0.00545. The molecule has 1 fully saturated rings. The van der Waals surface area contributed by atoms with Crippen LogP contribution in [0, 0.1) is 6.92 Å². The largest absolute Gasteiger partial charge is 0.372 e. The summed E-state index contributed by atoms with van der Waals surface area (Å²) in [5.41, 5.74) is 3.50. The molecular weight excluding hydrogens is 326 g/mol. The highest BCUT2D eigenvalue weighted by Crippen LogP contribution is 2.18. The molecule has 1 aliphatic rings. The summed E-state index contributed by atoms with van der Waals surface area (Å²) in [6.45, 7) is 9.65. The molecule has 0 amide bonds. The van der Waals surface area contributed by atoms with Gasteiger partial charge in [0.15, 0.2) is 0 Å². The van der Waals surface area contributed by atoms with Gasteiger partial charge < -0.3 is 15.0 Å². The summed E-state index contributed by atoms with van der Waals surface area (Å²) in [6.07, 6.45) is 4.32. The molecule has 6 nitrogen and oxygen atoms in total. The Labute approximate surface area is 149 Å². The predicted octanol–water partition coefficient (Wildman–Crippen LogP) is 2.44. The lowest BCUT2D eigenvalue weighted by Gasteiger charge is -2.36. The standard InChI is InChI=1S/C17H25N5O.ClH/c1-12-10-22(11-13(2)23-12)17-5-4-15(7-19-17)6-18-8-16-9-20-21-14(16)3;/h4-5,7,9,12-13,18H,6,8,10-11H2,1-3H3,(H,20,21);1H. The van der Waals surface area contributed by atoms with Crippen molar-refractivity contribution in [3.63, 3.8) is 0 Å². The molecule has 2 aromatic heterocycles. The van der Waals surface area contributed by atoms with Gasteiger partial charge in [0, 0.05) is 43.6 Å². The molecular formula is C17H26ClN5O. The molecule has 24 heavy (non-hydrogen) atoms. The minimum Gasteiger partial charge on any atom is -0.372 e. The molecule has 2 atom stereocenters. The van der Waals surface area contributed by atoms with Gasteiger partial charge in [0.2, 0.25) is 0 Å². The summed E-state index contributed by atoms with van der Waals surface area (Å²) in [4.78, 5) is 6.91. The van der Waals surface area contributed by atoms with Crippen molar-refractivity contribution in [2.75, 3.05) is 18.0 Å². The van der Waals surface area contributed by atoms with Crippen LogP contribution in [0.5, 0.6) is 0 Å². The monoisotopic (exact) mass is 351 g/mol. The van der Waals surface area contributed by atoms with Crippen molar-refractivity contribution in [1.29, 1.82) is 0 Å². The molecule has 0 bridgehead atoms. The summed E-state index contributed by atoms with van der Waals surface area (Å²) >= 11 is 0.